The third kappa shape index (κ3) is 3.00. The Labute approximate surface area is 112 Å². The molecule has 0 saturated heterocycles. The molecule has 0 spiro atoms. The number of benzene rings is 1. The lowest BCUT2D eigenvalue weighted by atomic mass is 10.3. The molecule has 2 rings (SSSR count). The zero-order chi connectivity index (χ0) is 13.1. The molecule has 18 heavy (non-hydrogen) atoms. The topological polar surface area (TPSA) is 65.0 Å². The summed E-state index contributed by atoms with van der Waals surface area (Å²) in [4.78, 5) is 15.8. The van der Waals surface area contributed by atoms with Crippen molar-refractivity contribution in [1.82, 2.24) is 10.7 Å². The molecule has 0 aromatic heterocycles. The highest BCUT2D eigenvalue weighted by Gasteiger charge is 2.19. The second-order valence-corrected chi connectivity index (χ2v) is 4.57. The van der Waals surface area contributed by atoms with Gasteiger partial charge in [0.2, 0.25) is 0 Å². The maximum atomic E-state index is 10.7. The molecule has 0 aliphatic carbocycles. The first-order valence-corrected chi connectivity index (χ1v) is 6.04. The molecule has 1 aliphatic heterocycles. The van der Waals surface area contributed by atoms with Gasteiger partial charge in [0.25, 0.3) is 0 Å². The van der Waals surface area contributed by atoms with E-state index in [-0.39, 0.29) is 0 Å². The summed E-state index contributed by atoms with van der Waals surface area (Å²) in [6.45, 7) is 1.46. The standard InChI is InChI=1S/C11H12BrN3O3/c1-8(11(16)17)18-15-7-6-14(13-15)10-4-2-9(12)3-5-10/h2-8,13H,1H3,(H,16,17). The van der Waals surface area contributed by atoms with Crippen molar-refractivity contribution in [3.05, 3.63) is 41.1 Å². The Bertz CT molecular complexity index is 463. The summed E-state index contributed by atoms with van der Waals surface area (Å²) < 4.78 is 0.988. The van der Waals surface area contributed by atoms with Gasteiger partial charge < -0.3 is 5.11 Å². The predicted molar refractivity (Wildman–Crippen MR) is 68.9 cm³/mol. The zero-order valence-corrected chi connectivity index (χ0v) is 11.2. The van der Waals surface area contributed by atoms with E-state index in [0.29, 0.717) is 0 Å². The Kier molecular flexibility index (Phi) is 3.85. The van der Waals surface area contributed by atoms with Gasteiger partial charge in [-0.25, -0.2) is 9.63 Å². The Hall–Kier alpha value is -1.57. The number of carbonyl (C=O) groups is 1. The van der Waals surface area contributed by atoms with Gasteiger partial charge in [-0.2, -0.15) is 5.17 Å². The van der Waals surface area contributed by atoms with Crippen LogP contribution in [0.1, 0.15) is 6.92 Å². The number of hydrogen-bond donors (Lipinski definition) is 2. The molecule has 0 amide bonds. The van der Waals surface area contributed by atoms with Crippen molar-refractivity contribution in [1.29, 1.82) is 0 Å². The van der Waals surface area contributed by atoms with Gasteiger partial charge in [0.15, 0.2) is 6.10 Å². The van der Waals surface area contributed by atoms with Gasteiger partial charge in [-0.1, -0.05) is 15.9 Å². The lowest BCUT2D eigenvalue weighted by Crippen LogP contribution is -2.42. The molecule has 0 saturated carbocycles. The molecular formula is C11H12BrN3O3. The highest BCUT2D eigenvalue weighted by Crippen LogP contribution is 2.19. The summed E-state index contributed by atoms with van der Waals surface area (Å²) in [5.41, 5.74) is 3.77. The molecule has 1 heterocycles. The van der Waals surface area contributed by atoms with Crippen molar-refractivity contribution in [2.75, 3.05) is 5.01 Å². The van der Waals surface area contributed by atoms with Crippen LogP contribution < -0.4 is 10.5 Å². The minimum atomic E-state index is -1.02. The molecule has 0 bridgehead atoms. The van der Waals surface area contributed by atoms with Crippen LogP contribution in [0.15, 0.2) is 41.1 Å². The van der Waals surface area contributed by atoms with Gasteiger partial charge in [-0.15, -0.1) is 5.53 Å². The van der Waals surface area contributed by atoms with Gasteiger partial charge >= 0.3 is 5.97 Å². The van der Waals surface area contributed by atoms with E-state index < -0.39 is 12.1 Å². The number of nitrogens with one attached hydrogen (secondary N) is 1. The molecular weight excluding hydrogens is 302 g/mol. The summed E-state index contributed by atoms with van der Waals surface area (Å²) in [6.07, 6.45) is 2.41. The molecule has 1 aromatic carbocycles. The third-order valence-electron chi connectivity index (χ3n) is 2.28. The first kappa shape index (κ1) is 12.9. The monoisotopic (exact) mass is 313 g/mol. The molecule has 0 radical (unpaired) electrons. The van der Waals surface area contributed by atoms with Gasteiger partial charge in [0.1, 0.15) is 0 Å². The number of rotatable bonds is 4. The highest BCUT2D eigenvalue weighted by molar-refractivity contribution is 9.10. The maximum Gasteiger partial charge on any atom is 0.335 e. The van der Waals surface area contributed by atoms with E-state index in [2.05, 4.69) is 21.5 Å². The van der Waals surface area contributed by atoms with Gasteiger partial charge in [0, 0.05) is 10.7 Å². The van der Waals surface area contributed by atoms with E-state index in [9.17, 15) is 4.79 Å². The maximum absolute atomic E-state index is 10.7. The average molecular weight is 314 g/mol. The molecule has 2 N–H and O–H groups in total. The fourth-order valence-electron chi connectivity index (χ4n) is 1.32. The molecule has 96 valence electrons. The average Bonchev–Trinajstić information content (AvgIpc) is 2.78. The van der Waals surface area contributed by atoms with Crippen LogP contribution in [0.25, 0.3) is 0 Å². The van der Waals surface area contributed by atoms with Crippen LogP contribution in [-0.2, 0) is 9.63 Å². The summed E-state index contributed by atoms with van der Waals surface area (Å²) in [5.74, 6) is -1.02. The number of anilines is 1. The van der Waals surface area contributed by atoms with Crippen molar-refractivity contribution in [2.45, 2.75) is 13.0 Å². The second kappa shape index (κ2) is 5.38. The summed E-state index contributed by atoms with van der Waals surface area (Å²) in [5, 5.41) is 11.7. The number of carboxylic acids is 1. The summed E-state index contributed by atoms with van der Waals surface area (Å²) in [6, 6.07) is 7.64. The molecule has 0 fully saturated rings. The number of hydroxylamine groups is 1. The largest absolute Gasteiger partial charge is 0.479 e. The zero-order valence-electron chi connectivity index (χ0n) is 9.58. The Morgan fingerprint density at radius 2 is 2.06 bits per heavy atom. The fraction of sp³-hybridized carbons (Fsp3) is 0.182. The minimum Gasteiger partial charge on any atom is -0.479 e. The first-order valence-electron chi connectivity index (χ1n) is 5.24. The van der Waals surface area contributed by atoms with E-state index in [4.69, 9.17) is 9.94 Å². The quantitative estimate of drug-likeness (QED) is 0.884. The normalized spacial score (nSPS) is 16.1. The molecule has 1 atom stereocenters. The number of aliphatic carboxylic acids is 1. The van der Waals surface area contributed by atoms with E-state index in [0.717, 1.165) is 10.2 Å². The van der Waals surface area contributed by atoms with E-state index in [1.165, 1.54) is 12.1 Å². The van der Waals surface area contributed by atoms with Gasteiger partial charge in [0.05, 0.1) is 11.9 Å². The third-order valence-corrected chi connectivity index (χ3v) is 2.81. The number of carboxylic acid groups (broad SMARTS) is 1. The molecule has 1 unspecified atom stereocenters. The van der Waals surface area contributed by atoms with Crippen LogP contribution >= 0.6 is 15.9 Å². The Morgan fingerprint density at radius 3 is 2.67 bits per heavy atom. The number of nitrogens with zero attached hydrogens (tertiary/aromatic N) is 2. The van der Waals surface area contributed by atoms with Crippen LogP contribution in [0.2, 0.25) is 0 Å². The van der Waals surface area contributed by atoms with Crippen LogP contribution in [0.5, 0.6) is 0 Å². The molecule has 1 aromatic rings. The number of hydrazine groups is 2. The van der Waals surface area contributed by atoms with Crippen molar-refractivity contribution >= 4 is 27.6 Å². The van der Waals surface area contributed by atoms with Gasteiger partial charge in [-0.05, 0) is 31.2 Å². The molecule has 7 heteroatoms. The van der Waals surface area contributed by atoms with E-state index in [1.807, 2.05) is 24.3 Å². The summed E-state index contributed by atoms with van der Waals surface area (Å²) >= 11 is 3.36. The number of halogens is 1. The van der Waals surface area contributed by atoms with Crippen LogP contribution in [0.4, 0.5) is 5.69 Å². The van der Waals surface area contributed by atoms with Crippen LogP contribution in [0.3, 0.4) is 0 Å². The lowest BCUT2D eigenvalue weighted by molar-refractivity contribution is -0.201. The van der Waals surface area contributed by atoms with Crippen LogP contribution in [0, 0.1) is 0 Å². The Balaban J connectivity index is 1.95. The first-order chi connectivity index (χ1) is 8.56. The Morgan fingerprint density at radius 1 is 1.39 bits per heavy atom. The second-order valence-electron chi connectivity index (χ2n) is 3.66. The minimum absolute atomic E-state index is 0.906. The lowest BCUT2D eigenvalue weighted by Gasteiger charge is -2.23. The molecule has 6 nitrogen and oxygen atoms in total. The SMILES string of the molecule is CC(ON1C=CN(c2ccc(Br)cc2)N1)C(=O)O. The van der Waals surface area contributed by atoms with E-state index >= 15 is 0 Å². The van der Waals surface area contributed by atoms with Crippen molar-refractivity contribution < 1.29 is 14.7 Å². The van der Waals surface area contributed by atoms with Crippen LogP contribution in [-0.4, -0.2) is 22.4 Å². The summed E-state index contributed by atoms with van der Waals surface area (Å²) in [7, 11) is 0. The van der Waals surface area contributed by atoms with Crippen molar-refractivity contribution in [2.24, 2.45) is 0 Å². The molecule has 1 aliphatic rings. The predicted octanol–water partition coefficient (Wildman–Crippen LogP) is 1.87. The fourth-order valence-corrected chi connectivity index (χ4v) is 1.58. The smallest absolute Gasteiger partial charge is 0.335 e. The van der Waals surface area contributed by atoms with Gasteiger partial charge in [-0.3, -0.25) is 5.01 Å². The number of hydrogen-bond acceptors (Lipinski definition) is 5. The van der Waals surface area contributed by atoms with Crippen molar-refractivity contribution in [3.8, 4) is 0 Å². The highest BCUT2D eigenvalue weighted by atomic mass is 79.9. The van der Waals surface area contributed by atoms with Crippen molar-refractivity contribution in [3.63, 3.8) is 0 Å². The van der Waals surface area contributed by atoms with E-state index in [1.54, 1.807) is 17.4 Å².